The lowest BCUT2D eigenvalue weighted by molar-refractivity contribution is -0.121. The van der Waals surface area contributed by atoms with Crippen molar-refractivity contribution >= 4 is 33.3 Å². The van der Waals surface area contributed by atoms with Crippen molar-refractivity contribution in [3.8, 4) is 0 Å². The molecule has 0 radical (unpaired) electrons. The van der Waals surface area contributed by atoms with Crippen molar-refractivity contribution in [3.63, 3.8) is 0 Å². The largest absolute Gasteiger partial charge is 0.325 e. The average molecular weight is 353 g/mol. The molecule has 1 unspecified atom stereocenters. The molecule has 1 aromatic carbocycles. The van der Waals surface area contributed by atoms with Crippen LogP contribution in [0.5, 0.6) is 0 Å². The van der Waals surface area contributed by atoms with Gasteiger partial charge in [-0.15, -0.1) is 0 Å². The number of rotatable bonds is 5. The lowest BCUT2D eigenvalue weighted by Crippen LogP contribution is -2.44. The summed E-state index contributed by atoms with van der Waals surface area (Å²) in [6, 6.07) is 7.76. The summed E-state index contributed by atoms with van der Waals surface area (Å²) in [5.74, 6) is 0.169. The lowest BCUT2D eigenvalue weighted by atomic mass is 9.98. The monoisotopic (exact) mass is 352 g/mol. The molecule has 1 aliphatic rings. The maximum atomic E-state index is 12.2. The Bertz CT molecular complexity index is 519. The van der Waals surface area contributed by atoms with Gasteiger partial charge in [-0.1, -0.05) is 28.4 Å². The smallest absolute Gasteiger partial charge is 0.238 e. The summed E-state index contributed by atoms with van der Waals surface area (Å²) in [7, 11) is 0. The number of amides is 1. The molecular formula is C16H21BrN2O2. The first-order valence-corrected chi connectivity index (χ1v) is 8.13. The molecule has 1 aromatic rings. The number of halogens is 1. The van der Waals surface area contributed by atoms with Gasteiger partial charge in [0.25, 0.3) is 0 Å². The van der Waals surface area contributed by atoms with Crippen LogP contribution < -0.4 is 5.32 Å². The van der Waals surface area contributed by atoms with Gasteiger partial charge in [-0.2, -0.15) is 0 Å². The van der Waals surface area contributed by atoms with Gasteiger partial charge >= 0.3 is 0 Å². The Balaban J connectivity index is 1.92. The maximum absolute atomic E-state index is 12.2. The molecule has 0 aliphatic carbocycles. The number of likely N-dealkylation sites (tertiary alicyclic amines) is 1. The van der Waals surface area contributed by atoms with Crippen molar-refractivity contribution in [2.75, 3.05) is 18.4 Å². The Labute approximate surface area is 134 Å². The van der Waals surface area contributed by atoms with Gasteiger partial charge in [0.2, 0.25) is 5.91 Å². The average Bonchev–Trinajstić information content (AvgIpc) is 2.40. The molecule has 1 aliphatic heterocycles. The van der Waals surface area contributed by atoms with Gasteiger partial charge in [0, 0.05) is 22.6 Å². The predicted molar refractivity (Wildman–Crippen MR) is 87.3 cm³/mol. The van der Waals surface area contributed by atoms with E-state index in [2.05, 4.69) is 26.1 Å². The standard InChI is InChI=1S/C16H21BrN2O2/c1-12(20)9-15-7-2-3-8-19(15)11-16(21)18-14-6-4-5-13(17)10-14/h4-6,10,15H,2-3,7-9,11H2,1H3,(H,18,21). The van der Waals surface area contributed by atoms with E-state index in [-0.39, 0.29) is 17.7 Å². The number of nitrogens with zero attached hydrogens (tertiary/aromatic N) is 1. The van der Waals surface area contributed by atoms with Crippen LogP contribution in [0.1, 0.15) is 32.6 Å². The second-order valence-corrected chi connectivity index (χ2v) is 6.50. The maximum Gasteiger partial charge on any atom is 0.238 e. The van der Waals surface area contributed by atoms with Crippen molar-refractivity contribution in [2.24, 2.45) is 0 Å². The van der Waals surface area contributed by atoms with E-state index >= 15 is 0 Å². The van der Waals surface area contributed by atoms with E-state index in [0.717, 1.165) is 36.0 Å². The van der Waals surface area contributed by atoms with Crippen LogP contribution in [0.25, 0.3) is 0 Å². The molecule has 4 nitrogen and oxygen atoms in total. The Kier molecular flexibility index (Phi) is 5.94. The van der Waals surface area contributed by atoms with E-state index < -0.39 is 0 Å². The van der Waals surface area contributed by atoms with Gasteiger partial charge in [0.05, 0.1) is 6.54 Å². The van der Waals surface area contributed by atoms with Crippen molar-refractivity contribution in [1.29, 1.82) is 0 Å². The zero-order valence-corrected chi connectivity index (χ0v) is 13.9. The van der Waals surface area contributed by atoms with E-state index in [9.17, 15) is 9.59 Å². The summed E-state index contributed by atoms with van der Waals surface area (Å²) in [5.41, 5.74) is 0.787. The first-order valence-electron chi connectivity index (χ1n) is 7.33. The molecule has 1 fully saturated rings. The molecule has 21 heavy (non-hydrogen) atoms. The zero-order chi connectivity index (χ0) is 15.2. The minimum absolute atomic E-state index is 0.0245. The first kappa shape index (κ1) is 16.2. The summed E-state index contributed by atoms with van der Waals surface area (Å²) in [5, 5.41) is 2.91. The quantitative estimate of drug-likeness (QED) is 0.884. The van der Waals surface area contributed by atoms with Crippen LogP contribution in [-0.2, 0) is 9.59 Å². The van der Waals surface area contributed by atoms with E-state index in [1.165, 1.54) is 0 Å². The molecule has 5 heteroatoms. The number of anilines is 1. The third kappa shape index (κ3) is 5.25. The number of benzene rings is 1. The summed E-state index contributed by atoms with van der Waals surface area (Å²) in [6.45, 7) is 2.86. The van der Waals surface area contributed by atoms with Crippen LogP contribution in [-0.4, -0.2) is 35.7 Å². The molecule has 114 valence electrons. The van der Waals surface area contributed by atoms with Crippen LogP contribution in [0.15, 0.2) is 28.7 Å². The number of hydrogen-bond acceptors (Lipinski definition) is 3. The molecule has 1 atom stereocenters. The van der Waals surface area contributed by atoms with Gasteiger partial charge in [-0.3, -0.25) is 14.5 Å². The fraction of sp³-hybridized carbons (Fsp3) is 0.500. The van der Waals surface area contributed by atoms with Gasteiger partial charge < -0.3 is 5.32 Å². The Morgan fingerprint density at radius 1 is 1.38 bits per heavy atom. The normalized spacial score (nSPS) is 19.2. The van der Waals surface area contributed by atoms with Crippen molar-refractivity contribution in [3.05, 3.63) is 28.7 Å². The second-order valence-electron chi connectivity index (χ2n) is 5.58. The molecule has 0 saturated carbocycles. The van der Waals surface area contributed by atoms with E-state index in [1.54, 1.807) is 6.92 Å². The number of piperidine rings is 1. The Morgan fingerprint density at radius 2 is 2.19 bits per heavy atom. The first-order chi connectivity index (χ1) is 10.0. The van der Waals surface area contributed by atoms with Crippen LogP contribution in [0.4, 0.5) is 5.69 Å². The third-order valence-corrected chi connectivity index (χ3v) is 4.22. The zero-order valence-electron chi connectivity index (χ0n) is 12.3. The number of carbonyl (C=O) groups is 2. The second kappa shape index (κ2) is 7.71. The Hall–Kier alpha value is -1.20. The number of hydrogen-bond donors (Lipinski definition) is 1. The number of Topliss-reactive ketones (excluding diaryl/α,β-unsaturated/α-hetero) is 1. The molecule has 2 rings (SSSR count). The summed E-state index contributed by atoms with van der Waals surface area (Å²) < 4.78 is 0.938. The number of carbonyl (C=O) groups excluding carboxylic acids is 2. The molecule has 1 amide bonds. The van der Waals surface area contributed by atoms with E-state index in [0.29, 0.717) is 13.0 Å². The summed E-state index contributed by atoms with van der Waals surface area (Å²) in [4.78, 5) is 25.6. The number of ketones is 1. The topological polar surface area (TPSA) is 49.4 Å². The van der Waals surface area contributed by atoms with Crippen molar-refractivity contribution in [1.82, 2.24) is 4.90 Å². The molecule has 0 bridgehead atoms. The molecule has 1 N–H and O–H groups in total. The Morgan fingerprint density at radius 3 is 2.90 bits per heavy atom. The highest BCUT2D eigenvalue weighted by Gasteiger charge is 2.25. The third-order valence-electron chi connectivity index (χ3n) is 3.73. The minimum atomic E-state index is -0.0245. The molecular weight excluding hydrogens is 332 g/mol. The van der Waals surface area contributed by atoms with Gasteiger partial charge in [-0.25, -0.2) is 0 Å². The van der Waals surface area contributed by atoms with Crippen molar-refractivity contribution in [2.45, 2.75) is 38.6 Å². The minimum Gasteiger partial charge on any atom is -0.325 e. The molecule has 0 aromatic heterocycles. The highest BCUT2D eigenvalue weighted by molar-refractivity contribution is 9.10. The summed E-state index contributed by atoms with van der Waals surface area (Å²) >= 11 is 3.39. The molecule has 0 spiro atoms. The summed E-state index contributed by atoms with van der Waals surface area (Å²) in [6.07, 6.45) is 3.79. The predicted octanol–water partition coefficient (Wildman–Crippen LogP) is 3.22. The highest BCUT2D eigenvalue weighted by atomic mass is 79.9. The van der Waals surface area contributed by atoms with Gasteiger partial charge in [0.15, 0.2) is 0 Å². The SMILES string of the molecule is CC(=O)CC1CCCCN1CC(=O)Nc1cccc(Br)c1. The fourth-order valence-electron chi connectivity index (χ4n) is 2.78. The van der Waals surface area contributed by atoms with Gasteiger partial charge in [0.1, 0.15) is 5.78 Å². The van der Waals surface area contributed by atoms with Crippen LogP contribution >= 0.6 is 15.9 Å². The van der Waals surface area contributed by atoms with Crippen LogP contribution in [0.2, 0.25) is 0 Å². The fourth-order valence-corrected chi connectivity index (χ4v) is 3.18. The van der Waals surface area contributed by atoms with Crippen LogP contribution in [0, 0.1) is 0 Å². The van der Waals surface area contributed by atoms with Crippen LogP contribution in [0.3, 0.4) is 0 Å². The number of nitrogens with one attached hydrogen (secondary N) is 1. The molecule has 1 heterocycles. The molecule has 1 saturated heterocycles. The highest BCUT2D eigenvalue weighted by Crippen LogP contribution is 2.20. The van der Waals surface area contributed by atoms with Gasteiger partial charge in [-0.05, 0) is 44.5 Å². The van der Waals surface area contributed by atoms with E-state index in [4.69, 9.17) is 0 Å². The lowest BCUT2D eigenvalue weighted by Gasteiger charge is -2.34. The van der Waals surface area contributed by atoms with Crippen molar-refractivity contribution < 1.29 is 9.59 Å². The van der Waals surface area contributed by atoms with E-state index in [1.807, 2.05) is 24.3 Å².